The van der Waals surface area contributed by atoms with Gasteiger partial charge in [-0.15, -0.1) is 0 Å². The number of carboxylic acid groups (broad SMARTS) is 1. The smallest absolute Gasteiger partial charge is 0.335 e. The third-order valence-corrected chi connectivity index (χ3v) is 3.54. The van der Waals surface area contributed by atoms with Crippen LogP contribution in [-0.4, -0.2) is 18.1 Å². The van der Waals surface area contributed by atoms with Crippen LogP contribution in [0.1, 0.15) is 27.0 Å². The molecule has 0 heterocycles. The molecule has 0 radical (unpaired) electrons. The molecule has 0 saturated heterocycles. The van der Waals surface area contributed by atoms with E-state index in [0.29, 0.717) is 5.56 Å². The second kappa shape index (κ2) is 5.78. The lowest BCUT2D eigenvalue weighted by atomic mass is 10.1. The monoisotopic (exact) mass is 269 g/mol. The van der Waals surface area contributed by atoms with Crippen molar-refractivity contribution in [1.82, 2.24) is 0 Å². The molecular formula is C17H19NO2. The average Bonchev–Trinajstić information content (AvgIpc) is 2.41. The molecule has 104 valence electrons. The Bertz CT molecular complexity index is 635. The number of aromatic carboxylic acids is 1. The molecular weight excluding hydrogens is 250 g/mol. The quantitative estimate of drug-likeness (QED) is 0.921. The van der Waals surface area contributed by atoms with Crippen LogP contribution in [0, 0.1) is 13.8 Å². The van der Waals surface area contributed by atoms with Gasteiger partial charge in [0.05, 0.1) is 5.56 Å². The molecule has 0 bridgehead atoms. The largest absolute Gasteiger partial charge is 0.478 e. The predicted octanol–water partition coefficient (Wildman–Crippen LogP) is 3.64. The van der Waals surface area contributed by atoms with E-state index in [1.165, 1.54) is 11.1 Å². The number of hydrogen-bond acceptors (Lipinski definition) is 2. The highest BCUT2D eigenvalue weighted by molar-refractivity contribution is 5.89. The Hall–Kier alpha value is -2.29. The topological polar surface area (TPSA) is 40.5 Å². The molecule has 2 rings (SSSR count). The number of rotatable bonds is 4. The minimum atomic E-state index is -0.893. The SMILES string of the molecule is Cc1ccccc1CN(C)c1cc(C(=O)O)ccc1C. The normalized spacial score (nSPS) is 10.3. The van der Waals surface area contributed by atoms with E-state index in [1.807, 2.05) is 32.2 Å². The summed E-state index contributed by atoms with van der Waals surface area (Å²) in [4.78, 5) is 13.2. The number of hydrogen-bond donors (Lipinski definition) is 1. The van der Waals surface area contributed by atoms with Crippen molar-refractivity contribution < 1.29 is 9.90 Å². The molecule has 3 nitrogen and oxygen atoms in total. The van der Waals surface area contributed by atoms with Gasteiger partial charge in [0.15, 0.2) is 0 Å². The summed E-state index contributed by atoms with van der Waals surface area (Å²) in [7, 11) is 1.99. The number of carboxylic acids is 1. The third-order valence-electron chi connectivity index (χ3n) is 3.54. The average molecular weight is 269 g/mol. The van der Waals surface area contributed by atoms with Crippen LogP contribution >= 0.6 is 0 Å². The minimum absolute atomic E-state index is 0.322. The van der Waals surface area contributed by atoms with Gasteiger partial charge in [-0.1, -0.05) is 30.3 Å². The van der Waals surface area contributed by atoms with Gasteiger partial charge in [0, 0.05) is 19.3 Å². The van der Waals surface area contributed by atoms with E-state index < -0.39 is 5.97 Å². The molecule has 2 aromatic carbocycles. The maximum absolute atomic E-state index is 11.1. The van der Waals surface area contributed by atoms with Gasteiger partial charge in [-0.25, -0.2) is 4.79 Å². The molecule has 0 saturated carbocycles. The van der Waals surface area contributed by atoms with Crippen molar-refractivity contribution in [1.29, 1.82) is 0 Å². The zero-order valence-electron chi connectivity index (χ0n) is 12.1. The zero-order chi connectivity index (χ0) is 14.7. The molecule has 0 aliphatic heterocycles. The molecule has 3 heteroatoms. The van der Waals surface area contributed by atoms with Crippen molar-refractivity contribution in [2.24, 2.45) is 0 Å². The molecule has 20 heavy (non-hydrogen) atoms. The van der Waals surface area contributed by atoms with Gasteiger partial charge in [-0.3, -0.25) is 0 Å². The number of carbonyl (C=O) groups is 1. The third kappa shape index (κ3) is 2.99. The van der Waals surface area contributed by atoms with E-state index in [9.17, 15) is 4.79 Å². The lowest BCUT2D eigenvalue weighted by molar-refractivity contribution is 0.0697. The van der Waals surface area contributed by atoms with Crippen molar-refractivity contribution in [3.05, 3.63) is 64.7 Å². The van der Waals surface area contributed by atoms with Crippen LogP contribution in [0.15, 0.2) is 42.5 Å². The molecule has 0 atom stereocenters. The number of nitrogens with zero attached hydrogens (tertiary/aromatic N) is 1. The van der Waals surface area contributed by atoms with E-state index in [1.54, 1.807) is 12.1 Å². The summed E-state index contributed by atoms with van der Waals surface area (Å²) < 4.78 is 0. The molecule has 0 aromatic heterocycles. The predicted molar refractivity (Wildman–Crippen MR) is 81.4 cm³/mol. The van der Waals surface area contributed by atoms with Gasteiger partial charge < -0.3 is 10.0 Å². The second-order valence-corrected chi connectivity index (χ2v) is 5.09. The van der Waals surface area contributed by atoms with Crippen LogP contribution in [0.25, 0.3) is 0 Å². The van der Waals surface area contributed by atoms with Crippen molar-refractivity contribution in [3.63, 3.8) is 0 Å². The highest BCUT2D eigenvalue weighted by atomic mass is 16.4. The Morgan fingerprint density at radius 1 is 1.10 bits per heavy atom. The maximum atomic E-state index is 11.1. The van der Waals surface area contributed by atoms with E-state index in [2.05, 4.69) is 24.0 Å². The lowest BCUT2D eigenvalue weighted by Gasteiger charge is -2.23. The Morgan fingerprint density at radius 2 is 1.80 bits per heavy atom. The summed E-state index contributed by atoms with van der Waals surface area (Å²) in [5, 5.41) is 9.10. The van der Waals surface area contributed by atoms with Crippen molar-refractivity contribution in [3.8, 4) is 0 Å². The molecule has 0 aliphatic carbocycles. The van der Waals surface area contributed by atoms with Crippen LogP contribution in [0.3, 0.4) is 0 Å². The highest BCUT2D eigenvalue weighted by Crippen LogP contribution is 2.23. The second-order valence-electron chi connectivity index (χ2n) is 5.09. The first-order valence-corrected chi connectivity index (χ1v) is 6.58. The first-order valence-electron chi connectivity index (χ1n) is 6.58. The number of anilines is 1. The summed E-state index contributed by atoms with van der Waals surface area (Å²) in [6, 6.07) is 13.5. The lowest BCUT2D eigenvalue weighted by Crippen LogP contribution is -2.18. The fourth-order valence-electron chi connectivity index (χ4n) is 2.28. The van der Waals surface area contributed by atoms with Gasteiger partial charge in [0.25, 0.3) is 0 Å². The molecule has 0 unspecified atom stereocenters. The fourth-order valence-corrected chi connectivity index (χ4v) is 2.28. The van der Waals surface area contributed by atoms with Crippen LogP contribution < -0.4 is 4.90 Å². The first kappa shape index (κ1) is 14.1. The Morgan fingerprint density at radius 3 is 2.45 bits per heavy atom. The minimum Gasteiger partial charge on any atom is -0.478 e. The van der Waals surface area contributed by atoms with Crippen molar-refractivity contribution in [2.75, 3.05) is 11.9 Å². The van der Waals surface area contributed by atoms with Gasteiger partial charge >= 0.3 is 5.97 Å². The van der Waals surface area contributed by atoms with Gasteiger partial charge in [-0.05, 0) is 42.7 Å². The molecule has 0 aliphatic rings. The summed E-state index contributed by atoms with van der Waals surface area (Å²) in [5.41, 5.74) is 4.84. The maximum Gasteiger partial charge on any atom is 0.335 e. The number of aryl methyl sites for hydroxylation is 2. The van der Waals surface area contributed by atoms with Gasteiger partial charge in [0.1, 0.15) is 0 Å². The van der Waals surface area contributed by atoms with E-state index in [4.69, 9.17) is 5.11 Å². The van der Waals surface area contributed by atoms with Crippen molar-refractivity contribution in [2.45, 2.75) is 20.4 Å². The standard InChI is InChI=1S/C17H19NO2/c1-12-6-4-5-7-15(12)11-18(3)16-10-14(17(19)20)9-8-13(16)2/h4-10H,11H2,1-3H3,(H,19,20). The Kier molecular flexibility index (Phi) is 4.08. The molecule has 2 aromatic rings. The zero-order valence-corrected chi connectivity index (χ0v) is 12.1. The fraction of sp³-hybridized carbons (Fsp3) is 0.235. The van der Waals surface area contributed by atoms with Crippen molar-refractivity contribution >= 4 is 11.7 Å². The van der Waals surface area contributed by atoms with Crippen LogP contribution in [0.4, 0.5) is 5.69 Å². The molecule has 0 spiro atoms. The summed E-state index contributed by atoms with van der Waals surface area (Å²) >= 11 is 0. The Labute approximate surface area is 119 Å². The van der Waals surface area contributed by atoms with E-state index >= 15 is 0 Å². The highest BCUT2D eigenvalue weighted by Gasteiger charge is 2.10. The van der Waals surface area contributed by atoms with E-state index in [-0.39, 0.29) is 0 Å². The van der Waals surface area contributed by atoms with Gasteiger partial charge in [-0.2, -0.15) is 0 Å². The Balaban J connectivity index is 2.29. The molecule has 0 fully saturated rings. The summed E-state index contributed by atoms with van der Waals surface area (Å²) in [5.74, 6) is -0.893. The summed E-state index contributed by atoms with van der Waals surface area (Å²) in [6.07, 6.45) is 0. The van der Waals surface area contributed by atoms with Gasteiger partial charge in [0.2, 0.25) is 0 Å². The molecule has 0 amide bonds. The van der Waals surface area contributed by atoms with Crippen LogP contribution in [0.2, 0.25) is 0 Å². The van der Waals surface area contributed by atoms with Crippen LogP contribution in [0.5, 0.6) is 0 Å². The summed E-state index contributed by atoms with van der Waals surface area (Å²) in [6.45, 7) is 4.84. The van der Waals surface area contributed by atoms with E-state index in [0.717, 1.165) is 17.8 Å². The molecule has 1 N–H and O–H groups in total. The first-order chi connectivity index (χ1) is 9.49. The number of benzene rings is 2. The van der Waals surface area contributed by atoms with Crippen LogP contribution in [-0.2, 0) is 6.54 Å².